The second-order valence-electron chi connectivity index (χ2n) is 8.90. The van der Waals surface area contributed by atoms with Crippen molar-refractivity contribution in [2.45, 2.75) is 49.9 Å². The number of Topliss-reactive ketones (excluding diaryl/α,β-unsaturated/α-hetero) is 1. The first-order chi connectivity index (χ1) is 17.3. The molecule has 0 radical (unpaired) electrons. The lowest BCUT2D eigenvalue weighted by Crippen LogP contribution is -2.53. The largest absolute Gasteiger partial charge is 0.466 e. The molecule has 5 atom stereocenters. The maximum Gasteiger partial charge on any atom is 0.416 e. The summed E-state index contributed by atoms with van der Waals surface area (Å²) in [5, 5.41) is 24.1. The van der Waals surface area contributed by atoms with E-state index in [1.807, 2.05) is 0 Å². The van der Waals surface area contributed by atoms with Gasteiger partial charge in [-0.05, 0) is 25.5 Å². The van der Waals surface area contributed by atoms with E-state index in [4.69, 9.17) is 14.2 Å². The summed E-state index contributed by atoms with van der Waals surface area (Å²) in [6, 6.07) is 4.14. The molecule has 4 rings (SSSR count). The Bertz CT molecular complexity index is 1210. The highest BCUT2D eigenvalue weighted by Crippen LogP contribution is 2.45. The number of aliphatic hydroxyl groups is 1. The maximum atomic E-state index is 14.0. The molecule has 37 heavy (non-hydrogen) atoms. The molecule has 1 aromatic carbocycles. The summed E-state index contributed by atoms with van der Waals surface area (Å²) in [7, 11) is 1.09. The minimum Gasteiger partial charge on any atom is -0.466 e. The lowest BCUT2D eigenvalue weighted by Gasteiger charge is -2.35. The van der Waals surface area contributed by atoms with Gasteiger partial charge in [0, 0.05) is 22.9 Å². The fourth-order valence-corrected chi connectivity index (χ4v) is 5.03. The van der Waals surface area contributed by atoms with Gasteiger partial charge in [0.05, 0.1) is 31.5 Å². The first-order valence-electron chi connectivity index (χ1n) is 11.0. The van der Waals surface area contributed by atoms with Crippen molar-refractivity contribution < 1.29 is 52.0 Å². The summed E-state index contributed by atoms with van der Waals surface area (Å²) in [6.45, 7) is 2.00. The van der Waals surface area contributed by atoms with E-state index in [-0.39, 0.29) is 34.7 Å². The number of carbonyl (C=O) groups excluding carboxylic acids is 2. The Balaban J connectivity index is 1.80. The van der Waals surface area contributed by atoms with Gasteiger partial charge in [0.1, 0.15) is 12.2 Å². The number of fused-ring (bicyclic) bond motifs is 1. The van der Waals surface area contributed by atoms with Gasteiger partial charge in [0.15, 0.2) is 17.5 Å². The lowest BCUT2D eigenvalue weighted by atomic mass is 9.74. The number of carbonyl (C=O) groups is 2. The van der Waals surface area contributed by atoms with Crippen LogP contribution in [0.2, 0.25) is 0 Å². The molecule has 0 amide bonds. The Hall–Kier alpha value is -3.49. The van der Waals surface area contributed by atoms with Gasteiger partial charge in [-0.3, -0.25) is 4.79 Å². The van der Waals surface area contributed by atoms with Gasteiger partial charge in [-0.25, -0.2) is 4.79 Å². The van der Waals surface area contributed by atoms with Crippen LogP contribution in [-0.2, 0) is 34.8 Å². The van der Waals surface area contributed by atoms with E-state index in [0.29, 0.717) is 0 Å². The number of hydrogen-bond acceptors (Lipinski definition) is 10. The zero-order valence-electron chi connectivity index (χ0n) is 19.8. The third-order valence-electron chi connectivity index (χ3n) is 6.64. The second kappa shape index (κ2) is 9.43. The Kier molecular flexibility index (Phi) is 6.77. The summed E-state index contributed by atoms with van der Waals surface area (Å²) in [5.41, 5.74) is -3.34. The molecule has 14 heteroatoms. The summed E-state index contributed by atoms with van der Waals surface area (Å²) >= 11 is 0. The highest BCUT2D eigenvalue weighted by atomic mass is 19.4. The number of nitrogens with zero attached hydrogens (tertiary/aromatic N) is 1. The number of ether oxygens (including phenoxy) is 3. The fraction of sp³-hybridized carbons (Fsp3) is 0.478. The van der Waals surface area contributed by atoms with E-state index in [1.165, 1.54) is 19.9 Å². The number of methoxy groups -OCH3 is 1. The van der Waals surface area contributed by atoms with Gasteiger partial charge in [0.2, 0.25) is 0 Å². The number of benzene rings is 1. The Labute approximate surface area is 207 Å². The number of allylic oxidation sites excluding steroid dienone is 2. The van der Waals surface area contributed by atoms with Crippen LogP contribution in [0, 0.1) is 10.1 Å². The van der Waals surface area contributed by atoms with Gasteiger partial charge >= 0.3 is 12.1 Å². The molecule has 0 saturated carbocycles. The number of esters is 1. The van der Waals surface area contributed by atoms with E-state index >= 15 is 0 Å². The van der Waals surface area contributed by atoms with Crippen molar-refractivity contribution in [3.05, 3.63) is 68.0 Å². The summed E-state index contributed by atoms with van der Waals surface area (Å²) in [4.78, 5) is 42.0. The number of ketones is 1. The van der Waals surface area contributed by atoms with Crippen LogP contribution in [0.1, 0.15) is 30.9 Å². The van der Waals surface area contributed by atoms with Gasteiger partial charge < -0.3 is 29.5 Å². The van der Waals surface area contributed by atoms with Crippen LogP contribution in [0.3, 0.4) is 0 Å². The van der Waals surface area contributed by atoms with Crippen molar-refractivity contribution in [1.82, 2.24) is 5.32 Å². The molecule has 3 aliphatic rings. The van der Waals surface area contributed by atoms with Gasteiger partial charge in [0.25, 0.3) is 5.09 Å². The van der Waals surface area contributed by atoms with Crippen molar-refractivity contribution in [3.63, 3.8) is 0 Å². The number of dihydropyridines is 1. The monoisotopic (exact) mass is 528 g/mol. The minimum atomic E-state index is -4.70. The molecule has 0 bridgehead atoms. The van der Waals surface area contributed by atoms with Crippen molar-refractivity contribution >= 4 is 11.8 Å². The van der Waals surface area contributed by atoms with Crippen molar-refractivity contribution in [2.75, 3.05) is 20.3 Å². The van der Waals surface area contributed by atoms with Crippen LogP contribution < -0.4 is 5.32 Å². The average molecular weight is 528 g/mol. The topological polar surface area (TPSA) is 146 Å². The number of rotatable bonds is 6. The van der Waals surface area contributed by atoms with E-state index in [9.17, 15) is 38.0 Å². The first-order valence-corrected chi connectivity index (χ1v) is 11.0. The van der Waals surface area contributed by atoms with Crippen LogP contribution in [0.15, 0.2) is 46.8 Å². The molecule has 200 valence electrons. The molecule has 0 spiro atoms. The van der Waals surface area contributed by atoms with E-state index < -0.39 is 65.0 Å². The van der Waals surface area contributed by atoms with E-state index in [0.717, 1.165) is 25.3 Å². The third kappa shape index (κ3) is 4.55. The molecule has 11 nitrogen and oxygen atoms in total. The molecular weight excluding hydrogens is 505 g/mol. The SMILES string of the molecule is COC(=O)C1=C(C)NC(C)=C(C(=O)[C@@]2(O)CO[C@@H]3[C@@H](O[N+](=O)[O-])CO[C@@H]32)C1c1cccc(C(F)(F)F)c1. The van der Waals surface area contributed by atoms with Gasteiger partial charge in [-0.2, -0.15) is 13.2 Å². The molecule has 3 aliphatic heterocycles. The number of alkyl halides is 3. The standard InChI is InChI=1S/C23H23F3N2O9/c1-10-15(19(29)22(31)9-36-18-14(37-28(32)33)8-35-20(18)22)17(16(11(2)27-10)21(30)34-3)12-5-4-6-13(7-12)23(24,25)26/h4-7,14,17-18,20,27,31H,8-9H2,1-3H3/t14-,17?,18+,20-,22-/m0/s1. The van der Waals surface area contributed by atoms with Crippen molar-refractivity contribution in [2.24, 2.45) is 0 Å². The van der Waals surface area contributed by atoms with Crippen LogP contribution in [-0.4, -0.2) is 66.2 Å². The van der Waals surface area contributed by atoms with E-state index in [1.54, 1.807) is 0 Å². The Morgan fingerprint density at radius 3 is 2.51 bits per heavy atom. The molecule has 2 saturated heterocycles. The third-order valence-corrected chi connectivity index (χ3v) is 6.64. The van der Waals surface area contributed by atoms with Gasteiger partial charge in [-0.1, -0.05) is 18.2 Å². The molecule has 3 heterocycles. The van der Waals surface area contributed by atoms with Crippen LogP contribution >= 0.6 is 0 Å². The predicted octanol–water partition coefficient (Wildman–Crippen LogP) is 1.79. The van der Waals surface area contributed by atoms with Crippen LogP contribution in [0.5, 0.6) is 0 Å². The maximum absolute atomic E-state index is 14.0. The minimum absolute atomic E-state index is 0.0419. The predicted molar refractivity (Wildman–Crippen MR) is 116 cm³/mol. The number of hydrogen-bond donors (Lipinski definition) is 2. The lowest BCUT2D eigenvalue weighted by molar-refractivity contribution is -0.769. The first kappa shape index (κ1) is 26.6. The fourth-order valence-electron chi connectivity index (χ4n) is 5.03. The quantitative estimate of drug-likeness (QED) is 0.318. The molecule has 2 fully saturated rings. The molecule has 0 aromatic heterocycles. The smallest absolute Gasteiger partial charge is 0.416 e. The molecule has 0 aliphatic carbocycles. The highest BCUT2D eigenvalue weighted by Gasteiger charge is 2.62. The molecule has 2 N–H and O–H groups in total. The van der Waals surface area contributed by atoms with Crippen molar-refractivity contribution in [3.8, 4) is 0 Å². The number of halogens is 3. The molecule has 1 aromatic rings. The summed E-state index contributed by atoms with van der Waals surface area (Å²) < 4.78 is 56.3. The number of nitrogens with one attached hydrogen (secondary N) is 1. The van der Waals surface area contributed by atoms with Crippen LogP contribution in [0.4, 0.5) is 13.2 Å². The summed E-state index contributed by atoms with van der Waals surface area (Å²) in [5.74, 6) is -3.23. The van der Waals surface area contributed by atoms with Crippen molar-refractivity contribution in [1.29, 1.82) is 0 Å². The van der Waals surface area contributed by atoms with Crippen LogP contribution in [0.25, 0.3) is 0 Å². The van der Waals surface area contributed by atoms with Gasteiger partial charge in [-0.15, -0.1) is 10.1 Å². The Morgan fingerprint density at radius 1 is 1.22 bits per heavy atom. The Morgan fingerprint density at radius 2 is 1.89 bits per heavy atom. The molecular formula is C23H23F3N2O9. The zero-order chi connectivity index (χ0) is 27.3. The summed E-state index contributed by atoms with van der Waals surface area (Å²) in [6.07, 6.45) is -8.42. The average Bonchev–Trinajstić information content (AvgIpc) is 3.38. The van der Waals surface area contributed by atoms with E-state index in [2.05, 4.69) is 10.2 Å². The molecule has 1 unspecified atom stereocenters. The highest BCUT2D eigenvalue weighted by molar-refractivity contribution is 6.08. The normalized spacial score (nSPS) is 29.6. The zero-order valence-corrected chi connectivity index (χ0v) is 19.8. The second-order valence-corrected chi connectivity index (χ2v) is 8.90.